The van der Waals surface area contributed by atoms with Gasteiger partial charge in [0.15, 0.2) is 0 Å². The van der Waals surface area contributed by atoms with E-state index < -0.39 is 0 Å². The summed E-state index contributed by atoms with van der Waals surface area (Å²) in [6.45, 7) is 4.31. The molecule has 3 nitrogen and oxygen atoms in total. The SMILES string of the molecule is CCC(Nc1cn(C)nc1C)C1CC1. The Labute approximate surface area is 85.5 Å². The molecule has 2 rings (SSSR count). The average Bonchev–Trinajstić information content (AvgIpc) is 2.91. The van der Waals surface area contributed by atoms with Crippen molar-refractivity contribution in [1.82, 2.24) is 9.78 Å². The molecule has 14 heavy (non-hydrogen) atoms. The van der Waals surface area contributed by atoms with Gasteiger partial charge in [-0.25, -0.2) is 0 Å². The second-order valence-electron chi connectivity index (χ2n) is 4.30. The first-order valence-corrected chi connectivity index (χ1v) is 5.47. The molecule has 1 saturated carbocycles. The molecular weight excluding hydrogens is 174 g/mol. The molecule has 1 N–H and O–H groups in total. The lowest BCUT2D eigenvalue weighted by Crippen LogP contribution is -2.20. The van der Waals surface area contributed by atoms with Crippen LogP contribution in [0.25, 0.3) is 0 Å². The minimum absolute atomic E-state index is 0.651. The third kappa shape index (κ3) is 1.91. The van der Waals surface area contributed by atoms with Gasteiger partial charge in [0.25, 0.3) is 0 Å². The highest BCUT2D eigenvalue weighted by Crippen LogP contribution is 2.35. The van der Waals surface area contributed by atoms with Gasteiger partial charge in [0.05, 0.1) is 11.4 Å². The Balaban J connectivity index is 2.04. The summed E-state index contributed by atoms with van der Waals surface area (Å²) >= 11 is 0. The van der Waals surface area contributed by atoms with Crippen molar-refractivity contribution in [1.29, 1.82) is 0 Å². The first kappa shape index (κ1) is 9.56. The second-order valence-corrected chi connectivity index (χ2v) is 4.30. The number of aryl methyl sites for hydroxylation is 2. The van der Waals surface area contributed by atoms with Gasteiger partial charge in [0.1, 0.15) is 0 Å². The molecule has 0 aromatic carbocycles. The molecule has 0 amide bonds. The highest BCUT2D eigenvalue weighted by Gasteiger charge is 2.30. The molecule has 0 bridgehead atoms. The Bertz CT molecular complexity index is 312. The Morgan fingerprint density at radius 1 is 1.64 bits per heavy atom. The molecule has 1 heterocycles. The van der Waals surface area contributed by atoms with Crippen LogP contribution in [0.2, 0.25) is 0 Å². The molecule has 1 unspecified atom stereocenters. The van der Waals surface area contributed by atoms with Crippen LogP contribution in [0.1, 0.15) is 31.9 Å². The van der Waals surface area contributed by atoms with E-state index in [1.165, 1.54) is 24.9 Å². The van der Waals surface area contributed by atoms with Gasteiger partial charge >= 0.3 is 0 Å². The van der Waals surface area contributed by atoms with Gasteiger partial charge in [-0.2, -0.15) is 5.10 Å². The van der Waals surface area contributed by atoms with E-state index in [1.54, 1.807) is 0 Å². The number of hydrogen-bond donors (Lipinski definition) is 1. The third-order valence-electron chi connectivity index (χ3n) is 2.99. The minimum atomic E-state index is 0.651. The smallest absolute Gasteiger partial charge is 0.0825 e. The quantitative estimate of drug-likeness (QED) is 0.795. The Morgan fingerprint density at radius 2 is 2.36 bits per heavy atom. The lowest BCUT2D eigenvalue weighted by atomic mass is 10.1. The predicted molar refractivity (Wildman–Crippen MR) is 58.4 cm³/mol. The van der Waals surface area contributed by atoms with Crippen LogP contribution in [0.5, 0.6) is 0 Å². The van der Waals surface area contributed by atoms with Crippen LogP contribution in [0, 0.1) is 12.8 Å². The van der Waals surface area contributed by atoms with Crippen LogP contribution in [0.15, 0.2) is 6.20 Å². The van der Waals surface area contributed by atoms with Gasteiger partial charge in [0, 0.05) is 19.3 Å². The lowest BCUT2D eigenvalue weighted by molar-refractivity contribution is 0.616. The van der Waals surface area contributed by atoms with E-state index in [0.29, 0.717) is 6.04 Å². The largest absolute Gasteiger partial charge is 0.379 e. The second kappa shape index (κ2) is 3.64. The topological polar surface area (TPSA) is 29.9 Å². The first-order valence-electron chi connectivity index (χ1n) is 5.47. The van der Waals surface area contributed by atoms with Crippen molar-refractivity contribution in [3.05, 3.63) is 11.9 Å². The van der Waals surface area contributed by atoms with Crippen molar-refractivity contribution in [2.75, 3.05) is 5.32 Å². The molecule has 1 aromatic heterocycles. The van der Waals surface area contributed by atoms with E-state index in [-0.39, 0.29) is 0 Å². The van der Waals surface area contributed by atoms with E-state index in [2.05, 4.69) is 30.5 Å². The number of rotatable bonds is 4. The minimum Gasteiger partial charge on any atom is -0.379 e. The van der Waals surface area contributed by atoms with Crippen molar-refractivity contribution in [2.24, 2.45) is 13.0 Å². The van der Waals surface area contributed by atoms with Crippen LogP contribution in [-0.2, 0) is 7.05 Å². The third-order valence-corrected chi connectivity index (χ3v) is 2.99. The van der Waals surface area contributed by atoms with Crippen LogP contribution >= 0.6 is 0 Å². The average molecular weight is 193 g/mol. The normalized spacial score (nSPS) is 18.2. The molecule has 0 saturated heterocycles. The Morgan fingerprint density at radius 3 is 2.79 bits per heavy atom. The molecule has 1 aromatic rings. The zero-order valence-corrected chi connectivity index (χ0v) is 9.25. The van der Waals surface area contributed by atoms with Gasteiger partial charge in [0.2, 0.25) is 0 Å². The van der Waals surface area contributed by atoms with E-state index >= 15 is 0 Å². The van der Waals surface area contributed by atoms with Crippen LogP contribution in [-0.4, -0.2) is 15.8 Å². The van der Waals surface area contributed by atoms with Crippen LogP contribution < -0.4 is 5.32 Å². The maximum absolute atomic E-state index is 4.33. The molecule has 1 aliphatic rings. The summed E-state index contributed by atoms with van der Waals surface area (Å²) in [7, 11) is 1.97. The summed E-state index contributed by atoms with van der Waals surface area (Å²) in [5.74, 6) is 0.902. The first-order chi connectivity index (χ1) is 6.70. The van der Waals surface area contributed by atoms with Crippen molar-refractivity contribution in [2.45, 2.75) is 39.2 Å². The highest BCUT2D eigenvalue weighted by molar-refractivity contribution is 5.46. The number of nitrogens with zero attached hydrogens (tertiary/aromatic N) is 2. The molecule has 1 atom stereocenters. The zero-order chi connectivity index (χ0) is 10.1. The van der Waals surface area contributed by atoms with E-state index in [4.69, 9.17) is 0 Å². The number of anilines is 1. The Kier molecular flexibility index (Phi) is 2.48. The van der Waals surface area contributed by atoms with Crippen molar-refractivity contribution >= 4 is 5.69 Å². The summed E-state index contributed by atoms with van der Waals surface area (Å²) in [5, 5.41) is 7.93. The van der Waals surface area contributed by atoms with Crippen molar-refractivity contribution in [3.63, 3.8) is 0 Å². The van der Waals surface area contributed by atoms with E-state index in [0.717, 1.165) is 11.6 Å². The highest BCUT2D eigenvalue weighted by atomic mass is 15.3. The van der Waals surface area contributed by atoms with Gasteiger partial charge in [-0.3, -0.25) is 4.68 Å². The number of nitrogens with one attached hydrogen (secondary N) is 1. The summed E-state index contributed by atoms with van der Waals surface area (Å²) in [6, 6.07) is 0.651. The molecule has 0 radical (unpaired) electrons. The van der Waals surface area contributed by atoms with Crippen LogP contribution in [0.4, 0.5) is 5.69 Å². The molecule has 3 heteroatoms. The summed E-state index contributed by atoms with van der Waals surface area (Å²) in [6.07, 6.45) is 6.06. The van der Waals surface area contributed by atoms with E-state index in [1.807, 2.05) is 11.7 Å². The van der Waals surface area contributed by atoms with Gasteiger partial charge < -0.3 is 5.32 Å². The molecule has 0 spiro atoms. The summed E-state index contributed by atoms with van der Waals surface area (Å²) in [4.78, 5) is 0. The fourth-order valence-electron chi connectivity index (χ4n) is 1.99. The van der Waals surface area contributed by atoms with Gasteiger partial charge in [-0.15, -0.1) is 0 Å². The van der Waals surface area contributed by atoms with Crippen molar-refractivity contribution in [3.8, 4) is 0 Å². The number of hydrogen-bond acceptors (Lipinski definition) is 2. The lowest BCUT2D eigenvalue weighted by Gasteiger charge is -2.16. The molecule has 78 valence electrons. The summed E-state index contributed by atoms with van der Waals surface area (Å²) in [5.41, 5.74) is 2.30. The van der Waals surface area contributed by atoms with Crippen molar-refractivity contribution < 1.29 is 0 Å². The maximum Gasteiger partial charge on any atom is 0.0825 e. The fraction of sp³-hybridized carbons (Fsp3) is 0.727. The molecule has 1 fully saturated rings. The molecule has 1 aliphatic carbocycles. The zero-order valence-electron chi connectivity index (χ0n) is 9.25. The molecule has 0 aliphatic heterocycles. The predicted octanol–water partition coefficient (Wildman–Crippen LogP) is 2.33. The summed E-state index contributed by atoms with van der Waals surface area (Å²) < 4.78 is 1.87. The van der Waals surface area contributed by atoms with E-state index in [9.17, 15) is 0 Å². The Hall–Kier alpha value is -0.990. The fourth-order valence-corrected chi connectivity index (χ4v) is 1.99. The van der Waals surface area contributed by atoms with Gasteiger partial charge in [-0.05, 0) is 32.1 Å². The standard InChI is InChI=1S/C11H19N3/c1-4-10(9-5-6-9)12-11-7-14(3)13-8(11)2/h7,9-10,12H,4-6H2,1-3H3. The van der Waals surface area contributed by atoms with Crippen LogP contribution in [0.3, 0.4) is 0 Å². The monoisotopic (exact) mass is 193 g/mol. The maximum atomic E-state index is 4.33. The van der Waals surface area contributed by atoms with Gasteiger partial charge in [-0.1, -0.05) is 6.92 Å². The molecular formula is C11H19N3. The number of aromatic nitrogens is 2.